The van der Waals surface area contributed by atoms with Crippen LogP contribution in [-0.4, -0.2) is 114 Å². The number of Topliss-reactive ketones (excluding diaryl/α,β-unsaturated/α-hetero) is 1. The van der Waals surface area contributed by atoms with Crippen LogP contribution in [-0.2, 0) is 68.8 Å². The monoisotopic (exact) mass is 962 g/mol. The number of carbonyl (C=O) groups excluding carboxylic acids is 8. The minimum Gasteiger partial charge on any atom is -0.481 e. The van der Waals surface area contributed by atoms with Crippen LogP contribution in [0.1, 0.15) is 54.9 Å². The van der Waals surface area contributed by atoms with Gasteiger partial charge in [-0.05, 0) is 54.9 Å². The van der Waals surface area contributed by atoms with Crippen LogP contribution in [0, 0.1) is 0 Å². The van der Waals surface area contributed by atoms with Gasteiger partial charge in [0.1, 0.15) is 24.2 Å². The zero-order valence-corrected chi connectivity index (χ0v) is 39.2. The van der Waals surface area contributed by atoms with Crippen molar-refractivity contribution in [3.63, 3.8) is 0 Å². The van der Waals surface area contributed by atoms with Crippen molar-refractivity contribution < 1.29 is 54.0 Å². The van der Waals surface area contributed by atoms with Crippen LogP contribution in [0.15, 0.2) is 121 Å². The number of amides is 7. The topological polar surface area (TPSA) is 312 Å². The Morgan fingerprint density at radius 3 is 1.23 bits per heavy atom. The number of hydrogen-bond donors (Lipinski definition) is 10. The molecule has 0 spiro atoms. The molecular formula is C51H64N9O10+. The summed E-state index contributed by atoms with van der Waals surface area (Å²) in [7, 11) is 0. The van der Waals surface area contributed by atoms with Crippen LogP contribution in [0.3, 0.4) is 0 Å². The van der Waals surface area contributed by atoms with E-state index in [9.17, 15) is 48.3 Å². The number of quaternary nitrogens is 1. The third-order valence-corrected chi connectivity index (χ3v) is 11.1. The maximum absolute atomic E-state index is 14.2. The van der Waals surface area contributed by atoms with Crippen molar-refractivity contribution in [3.05, 3.63) is 144 Å². The summed E-state index contributed by atoms with van der Waals surface area (Å²) in [6, 6.07) is 28.2. The zero-order chi connectivity index (χ0) is 50.8. The fourth-order valence-corrected chi connectivity index (χ4v) is 7.30. The van der Waals surface area contributed by atoms with E-state index in [1.54, 1.807) is 91.0 Å². The minimum atomic E-state index is -1.35. The Bertz CT molecular complexity index is 2360. The van der Waals surface area contributed by atoms with E-state index in [0.29, 0.717) is 36.1 Å². The van der Waals surface area contributed by atoms with Crippen molar-refractivity contribution in [2.45, 2.75) is 94.5 Å². The van der Waals surface area contributed by atoms with Crippen LogP contribution in [0.4, 0.5) is 0 Å². The summed E-state index contributed by atoms with van der Waals surface area (Å²) in [5.41, 5.74) is 12.8. The first-order chi connectivity index (χ1) is 33.6. The Balaban J connectivity index is 1.48. The summed E-state index contributed by atoms with van der Waals surface area (Å²) in [6.45, 7) is 0.561. The Morgan fingerprint density at radius 2 is 0.829 bits per heavy atom. The smallest absolute Gasteiger partial charge is 0.305 e. The van der Waals surface area contributed by atoms with Crippen LogP contribution >= 0.6 is 0 Å². The molecule has 19 heteroatoms. The van der Waals surface area contributed by atoms with Crippen LogP contribution in [0.2, 0.25) is 0 Å². The fraction of sp³-hybridized carbons (Fsp3) is 0.353. The molecule has 70 heavy (non-hydrogen) atoms. The molecule has 372 valence electrons. The molecule has 0 heterocycles. The number of unbranched alkanes of at least 4 members (excludes halogenated alkanes) is 1. The minimum absolute atomic E-state index is 0.0257. The number of carboxylic acids is 1. The van der Waals surface area contributed by atoms with Gasteiger partial charge in [0.05, 0.1) is 38.1 Å². The molecule has 0 saturated carbocycles. The molecule has 4 aromatic carbocycles. The lowest BCUT2D eigenvalue weighted by Gasteiger charge is -2.26. The fourth-order valence-electron chi connectivity index (χ4n) is 7.30. The van der Waals surface area contributed by atoms with E-state index >= 15 is 0 Å². The molecule has 0 aliphatic heterocycles. The largest absolute Gasteiger partial charge is 0.481 e. The van der Waals surface area contributed by atoms with Crippen LogP contribution in [0.25, 0.3) is 0 Å². The molecule has 13 N–H and O–H groups in total. The van der Waals surface area contributed by atoms with Gasteiger partial charge in [0.15, 0.2) is 5.78 Å². The SMILES string of the molecule is CC(=O)C(CC(=O)O)NC(=O)C(Cc1ccccc1)NC(=O)CNC(=O)C(Cc1ccccc1)NC(=O)C(CCCC[NH3+])NC(=O)C(Cc1ccccc1)NC(=O)CNC(=O)C(N)Cc1ccccc1. The van der Waals surface area contributed by atoms with Crippen molar-refractivity contribution in [2.24, 2.45) is 5.73 Å². The average molecular weight is 963 g/mol. The van der Waals surface area contributed by atoms with Crippen molar-refractivity contribution in [1.29, 1.82) is 0 Å². The first-order valence-corrected chi connectivity index (χ1v) is 23.1. The molecule has 0 fully saturated rings. The Morgan fingerprint density at radius 1 is 0.471 bits per heavy atom. The summed E-state index contributed by atoms with van der Waals surface area (Å²) >= 11 is 0. The molecule has 19 nitrogen and oxygen atoms in total. The summed E-state index contributed by atoms with van der Waals surface area (Å²) in [4.78, 5) is 119. The van der Waals surface area contributed by atoms with Crippen molar-refractivity contribution in [1.82, 2.24) is 37.2 Å². The highest BCUT2D eigenvalue weighted by molar-refractivity contribution is 5.97. The van der Waals surface area contributed by atoms with E-state index in [4.69, 9.17) is 5.73 Å². The third-order valence-electron chi connectivity index (χ3n) is 11.1. The van der Waals surface area contributed by atoms with Gasteiger partial charge in [-0.15, -0.1) is 0 Å². The van der Waals surface area contributed by atoms with Gasteiger partial charge in [-0.25, -0.2) is 0 Å². The molecule has 4 rings (SSSR count). The standard InChI is InChI=1S/C51H63N9O10/c1-33(61)40(30-46(64)65)59-51(70)43(29-37-22-12-5-13-23-37)57-45(63)32-55-48(67)41(27-35-18-8-3-9-19-35)60-49(68)39(24-14-15-25-52)58-50(69)42(28-36-20-10-4-11-21-36)56-44(62)31-54-47(66)38(53)26-34-16-6-2-7-17-34/h2-13,16-23,38-43H,14-15,24-32,52-53H2,1H3,(H,54,66)(H,55,67)(H,56,62)(H,57,63)(H,58,69)(H,59,70)(H,60,68)(H,64,65)/p+1. The van der Waals surface area contributed by atoms with E-state index in [1.807, 2.05) is 30.3 Å². The molecule has 7 amide bonds. The molecule has 0 saturated heterocycles. The molecule has 6 atom stereocenters. The quantitative estimate of drug-likeness (QED) is 0.0307. The lowest BCUT2D eigenvalue weighted by molar-refractivity contribution is -0.368. The third kappa shape index (κ3) is 19.8. The van der Waals surface area contributed by atoms with Crippen molar-refractivity contribution >= 4 is 53.1 Å². The number of nitrogens with one attached hydrogen (secondary N) is 7. The average Bonchev–Trinajstić information content (AvgIpc) is 3.34. The second kappa shape index (κ2) is 29.2. The number of rotatable bonds is 29. The van der Waals surface area contributed by atoms with Gasteiger partial charge in [-0.2, -0.15) is 0 Å². The number of nitrogens with two attached hydrogens (primary N) is 1. The molecular weight excluding hydrogens is 899 g/mol. The molecule has 4 aromatic rings. The second-order valence-corrected chi connectivity index (χ2v) is 16.8. The number of benzene rings is 4. The highest BCUT2D eigenvalue weighted by atomic mass is 16.4. The molecule has 0 aromatic heterocycles. The summed E-state index contributed by atoms with van der Waals surface area (Å²) in [5, 5.41) is 27.5. The highest BCUT2D eigenvalue weighted by Gasteiger charge is 2.32. The summed E-state index contributed by atoms with van der Waals surface area (Å²) in [6.07, 6.45) is 0.750. The molecule has 0 aliphatic rings. The van der Waals surface area contributed by atoms with Crippen molar-refractivity contribution in [2.75, 3.05) is 19.6 Å². The number of carbonyl (C=O) groups is 9. The Hall–Kier alpha value is -7.77. The summed E-state index contributed by atoms with van der Waals surface area (Å²) in [5.74, 6) is -6.95. The van der Waals surface area contributed by atoms with E-state index in [-0.39, 0.29) is 32.1 Å². The van der Waals surface area contributed by atoms with Gasteiger partial charge in [-0.1, -0.05) is 121 Å². The van der Waals surface area contributed by atoms with Gasteiger partial charge in [0, 0.05) is 19.3 Å². The lowest BCUT2D eigenvalue weighted by Crippen LogP contribution is -2.58. The van der Waals surface area contributed by atoms with Gasteiger partial charge in [0.2, 0.25) is 41.4 Å². The van der Waals surface area contributed by atoms with E-state index < -0.39 is 109 Å². The predicted molar refractivity (Wildman–Crippen MR) is 259 cm³/mol. The lowest BCUT2D eigenvalue weighted by atomic mass is 10.0. The molecule has 0 radical (unpaired) electrons. The first kappa shape index (κ1) is 54.8. The molecule has 0 aliphatic carbocycles. The second-order valence-electron chi connectivity index (χ2n) is 16.8. The van der Waals surface area contributed by atoms with Crippen LogP contribution < -0.4 is 48.7 Å². The first-order valence-electron chi connectivity index (χ1n) is 23.1. The predicted octanol–water partition coefficient (Wildman–Crippen LogP) is -0.583. The number of ketones is 1. The van der Waals surface area contributed by atoms with Gasteiger partial charge in [0.25, 0.3) is 0 Å². The maximum Gasteiger partial charge on any atom is 0.305 e. The van der Waals surface area contributed by atoms with E-state index in [0.717, 1.165) is 12.5 Å². The van der Waals surface area contributed by atoms with Crippen molar-refractivity contribution in [3.8, 4) is 0 Å². The highest BCUT2D eigenvalue weighted by Crippen LogP contribution is 2.10. The molecule has 6 unspecified atom stereocenters. The van der Waals surface area contributed by atoms with Crippen LogP contribution in [0.5, 0.6) is 0 Å². The van der Waals surface area contributed by atoms with Gasteiger partial charge >= 0.3 is 5.97 Å². The number of hydrogen-bond acceptors (Lipinski definition) is 10. The normalized spacial score (nSPS) is 13.4. The molecule has 0 bridgehead atoms. The van der Waals surface area contributed by atoms with Gasteiger partial charge in [-0.3, -0.25) is 43.2 Å². The zero-order valence-electron chi connectivity index (χ0n) is 39.2. The summed E-state index contributed by atoms with van der Waals surface area (Å²) < 4.78 is 0. The van der Waals surface area contributed by atoms with Gasteiger partial charge < -0.3 is 53.8 Å². The Labute approximate surface area is 406 Å². The maximum atomic E-state index is 14.2. The number of aliphatic carboxylic acids is 1. The van der Waals surface area contributed by atoms with E-state index in [1.165, 1.54) is 0 Å². The Kier molecular flexibility index (Phi) is 22.9. The number of carboxylic acid groups (broad SMARTS) is 1. The van der Waals surface area contributed by atoms with E-state index in [2.05, 4.69) is 43.0 Å².